The van der Waals surface area contributed by atoms with Crippen molar-refractivity contribution < 1.29 is 18.7 Å². The lowest BCUT2D eigenvalue weighted by Crippen LogP contribution is -2.39. The molecule has 1 aromatic carbocycles. The summed E-state index contributed by atoms with van der Waals surface area (Å²) in [5.41, 5.74) is 1.32. The number of thiazole rings is 1. The van der Waals surface area contributed by atoms with E-state index in [0.29, 0.717) is 36.6 Å². The van der Waals surface area contributed by atoms with Gasteiger partial charge in [-0.3, -0.25) is 9.36 Å². The number of benzene rings is 1. The van der Waals surface area contributed by atoms with E-state index in [4.69, 9.17) is 13.9 Å². The van der Waals surface area contributed by atoms with Gasteiger partial charge in [-0.15, -0.1) is 0 Å². The quantitative estimate of drug-likeness (QED) is 0.348. The monoisotopic (exact) mass is 663 g/mol. The molecule has 0 amide bonds. The minimum Gasteiger partial charge on any atom is -0.496 e. The Bertz CT molecular complexity index is 1600. The van der Waals surface area contributed by atoms with Crippen LogP contribution >= 0.6 is 43.2 Å². The van der Waals surface area contributed by atoms with E-state index in [2.05, 4.69) is 41.8 Å². The maximum atomic E-state index is 13.8. The van der Waals surface area contributed by atoms with Crippen LogP contribution in [0.5, 0.6) is 5.75 Å². The average molecular weight is 665 g/mol. The third kappa shape index (κ3) is 5.03. The van der Waals surface area contributed by atoms with Crippen LogP contribution in [-0.4, -0.2) is 37.3 Å². The standard InChI is InChI=1S/C27H27Br2N3O5S/c1-4-36-26(34)22-15(2)30-27-32(23(22)16-8-9-20(35-3)18(28)12-16)24(33)21(38-27)14-17-13-19(29)25(37-17)31-10-6-5-7-11-31/h8-9,12-14,23H,4-7,10-11H2,1-3H3/b21-14+. The van der Waals surface area contributed by atoms with Crippen LogP contribution in [0.2, 0.25) is 0 Å². The molecule has 1 fully saturated rings. The Morgan fingerprint density at radius 1 is 1.21 bits per heavy atom. The summed E-state index contributed by atoms with van der Waals surface area (Å²) in [4.78, 5) is 34.3. The van der Waals surface area contributed by atoms with Crippen LogP contribution in [-0.2, 0) is 9.53 Å². The molecule has 38 heavy (non-hydrogen) atoms. The molecule has 1 atom stereocenters. The van der Waals surface area contributed by atoms with Crippen molar-refractivity contribution in [2.75, 3.05) is 31.7 Å². The summed E-state index contributed by atoms with van der Waals surface area (Å²) >= 11 is 8.42. The molecule has 0 N–H and O–H groups in total. The molecule has 1 saturated heterocycles. The number of esters is 1. The topological polar surface area (TPSA) is 86.3 Å². The lowest BCUT2D eigenvalue weighted by molar-refractivity contribution is -0.139. The lowest BCUT2D eigenvalue weighted by Gasteiger charge is -2.26. The van der Waals surface area contributed by atoms with Gasteiger partial charge in [-0.25, -0.2) is 9.79 Å². The average Bonchev–Trinajstić information content (AvgIpc) is 3.42. The first-order valence-corrected chi connectivity index (χ1v) is 14.8. The van der Waals surface area contributed by atoms with Crippen LogP contribution in [0.4, 0.5) is 5.88 Å². The van der Waals surface area contributed by atoms with Gasteiger partial charge >= 0.3 is 5.97 Å². The van der Waals surface area contributed by atoms with Crippen molar-refractivity contribution >= 4 is 61.1 Å². The van der Waals surface area contributed by atoms with Crippen molar-refractivity contribution in [1.29, 1.82) is 0 Å². The summed E-state index contributed by atoms with van der Waals surface area (Å²) in [5.74, 6) is 1.51. The fourth-order valence-corrected chi connectivity index (χ4v) is 6.99. The van der Waals surface area contributed by atoms with E-state index in [-0.39, 0.29) is 12.2 Å². The number of hydrogen-bond donors (Lipinski definition) is 0. The number of nitrogens with zero attached hydrogens (tertiary/aromatic N) is 3. The zero-order chi connectivity index (χ0) is 27.0. The molecule has 0 aliphatic carbocycles. The second kappa shape index (κ2) is 11.2. The second-order valence-corrected chi connectivity index (χ2v) is 11.8. The number of methoxy groups -OCH3 is 1. The molecule has 0 bridgehead atoms. The Hall–Kier alpha value is -2.63. The van der Waals surface area contributed by atoms with Crippen LogP contribution in [0.3, 0.4) is 0 Å². The van der Waals surface area contributed by atoms with E-state index in [0.717, 1.165) is 41.9 Å². The smallest absolute Gasteiger partial charge is 0.338 e. The summed E-state index contributed by atoms with van der Waals surface area (Å²) in [6.45, 7) is 5.62. The fourth-order valence-electron chi connectivity index (χ4n) is 4.85. The van der Waals surface area contributed by atoms with E-state index < -0.39 is 12.0 Å². The summed E-state index contributed by atoms with van der Waals surface area (Å²) < 4.78 is 20.5. The highest BCUT2D eigenvalue weighted by Gasteiger charge is 2.33. The predicted molar refractivity (Wildman–Crippen MR) is 154 cm³/mol. The third-order valence-electron chi connectivity index (χ3n) is 6.61. The van der Waals surface area contributed by atoms with Crippen LogP contribution < -0.4 is 24.5 Å². The number of ether oxygens (including phenoxy) is 2. The SMILES string of the molecule is CCOC(=O)C1=C(C)N=c2s/c(=C/c3cc(Br)c(N4CCCCC4)o3)c(=O)n2C1c1ccc(OC)c(Br)c1. The highest BCUT2D eigenvalue weighted by Crippen LogP contribution is 2.35. The molecule has 2 aliphatic rings. The van der Waals surface area contributed by atoms with E-state index in [1.807, 2.05) is 18.2 Å². The largest absolute Gasteiger partial charge is 0.496 e. The van der Waals surface area contributed by atoms with Gasteiger partial charge in [0.1, 0.15) is 11.5 Å². The van der Waals surface area contributed by atoms with Gasteiger partial charge in [0.2, 0.25) is 5.88 Å². The van der Waals surface area contributed by atoms with Crippen molar-refractivity contribution in [2.45, 2.75) is 39.2 Å². The molecule has 1 unspecified atom stereocenters. The number of anilines is 1. The number of carbonyl (C=O) groups excluding carboxylic acids is 1. The maximum absolute atomic E-state index is 13.8. The van der Waals surface area contributed by atoms with Gasteiger partial charge in [-0.2, -0.15) is 0 Å². The molecule has 8 nitrogen and oxygen atoms in total. The number of fused-ring (bicyclic) bond motifs is 1. The summed E-state index contributed by atoms with van der Waals surface area (Å²) in [5, 5.41) is 0. The lowest BCUT2D eigenvalue weighted by atomic mass is 9.96. The molecule has 11 heteroatoms. The molecular formula is C27H27Br2N3O5S. The Kier molecular flexibility index (Phi) is 7.97. The molecule has 0 saturated carbocycles. The Morgan fingerprint density at radius 2 is 1.97 bits per heavy atom. The van der Waals surface area contributed by atoms with Gasteiger partial charge in [0.25, 0.3) is 5.56 Å². The number of allylic oxidation sites excluding steroid dienone is 1. The normalized spacial score (nSPS) is 17.9. The van der Waals surface area contributed by atoms with Gasteiger partial charge in [0, 0.05) is 25.2 Å². The van der Waals surface area contributed by atoms with E-state index in [1.165, 1.54) is 17.8 Å². The van der Waals surface area contributed by atoms with Crippen molar-refractivity contribution in [2.24, 2.45) is 4.99 Å². The Morgan fingerprint density at radius 3 is 2.66 bits per heavy atom. The fraction of sp³-hybridized carbons (Fsp3) is 0.370. The molecule has 0 spiro atoms. The first kappa shape index (κ1) is 27.0. The molecule has 4 heterocycles. The highest BCUT2D eigenvalue weighted by atomic mass is 79.9. The minimum absolute atomic E-state index is 0.214. The number of hydrogen-bond acceptors (Lipinski definition) is 8. The number of aromatic nitrogens is 1. The minimum atomic E-state index is -0.707. The highest BCUT2D eigenvalue weighted by molar-refractivity contribution is 9.11. The van der Waals surface area contributed by atoms with Gasteiger partial charge in [0.05, 0.1) is 44.5 Å². The third-order valence-corrected chi connectivity index (χ3v) is 8.78. The number of carbonyl (C=O) groups is 1. The molecule has 200 valence electrons. The van der Waals surface area contributed by atoms with Crippen LogP contribution in [0.1, 0.15) is 50.5 Å². The number of piperidine rings is 1. The maximum Gasteiger partial charge on any atom is 0.338 e. The van der Waals surface area contributed by atoms with Crippen molar-refractivity contribution in [3.8, 4) is 5.75 Å². The van der Waals surface area contributed by atoms with E-state index in [9.17, 15) is 9.59 Å². The van der Waals surface area contributed by atoms with Gasteiger partial charge in [-0.1, -0.05) is 17.4 Å². The molecule has 0 radical (unpaired) electrons. The van der Waals surface area contributed by atoms with Gasteiger partial charge in [0.15, 0.2) is 4.80 Å². The van der Waals surface area contributed by atoms with Crippen LogP contribution in [0.25, 0.3) is 6.08 Å². The summed E-state index contributed by atoms with van der Waals surface area (Å²) in [6, 6.07) is 6.68. The van der Waals surface area contributed by atoms with Crippen LogP contribution in [0, 0.1) is 0 Å². The first-order chi connectivity index (χ1) is 18.3. The first-order valence-electron chi connectivity index (χ1n) is 12.4. The van der Waals surface area contributed by atoms with E-state index >= 15 is 0 Å². The molecule has 2 aromatic heterocycles. The summed E-state index contributed by atoms with van der Waals surface area (Å²) in [6.07, 6.45) is 5.23. The second-order valence-electron chi connectivity index (χ2n) is 9.05. The molecular weight excluding hydrogens is 638 g/mol. The Balaban J connectivity index is 1.64. The van der Waals surface area contributed by atoms with Crippen molar-refractivity contribution in [1.82, 2.24) is 4.57 Å². The zero-order valence-corrected chi connectivity index (χ0v) is 25.2. The summed E-state index contributed by atoms with van der Waals surface area (Å²) in [7, 11) is 1.58. The number of halogens is 2. The predicted octanol–water partition coefficient (Wildman–Crippen LogP) is 4.92. The Labute approximate surface area is 240 Å². The van der Waals surface area contributed by atoms with Crippen molar-refractivity contribution in [3.63, 3.8) is 0 Å². The van der Waals surface area contributed by atoms with Crippen molar-refractivity contribution in [3.05, 3.63) is 75.5 Å². The van der Waals surface area contributed by atoms with Gasteiger partial charge < -0.3 is 18.8 Å². The van der Waals surface area contributed by atoms with Gasteiger partial charge in [-0.05, 0) is 82.7 Å². The molecule has 2 aliphatic heterocycles. The molecule has 3 aromatic rings. The number of furan rings is 1. The number of rotatable bonds is 6. The molecule has 5 rings (SSSR count). The zero-order valence-electron chi connectivity index (χ0n) is 21.3. The van der Waals surface area contributed by atoms with E-state index in [1.54, 1.807) is 37.7 Å². The van der Waals surface area contributed by atoms with Crippen LogP contribution in [0.15, 0.2) is 58.7 Å².